The van der Waals surface area contributed by atoms with Crippen molar-refractivity contribution in [2.75, 3.05) is 0 Å². The number of imidazole rings is 1. The van der Waals surface area contributed by atoms with Crippen LogP contribution in [0.5, 0.6) is 0 Å². The van der Waals surface area contributed by atoms with Crippen LogP contribution in [0.2, 0.25) is 0 Å². The third-order valence-corrected chi connectivity index (χ3v) is 4.27. The van der Waals surface area contributed by atoms with Gasteiger partial charge in [0.2, 0.25) is 0 Å². The maximum Gasteiger partial charge on any atom is 0.0991 e. The molecule has 2 heterocycles. The number of thiazole rings is 1. The van der Waals surface area contributed by atoms with E-state index in [2.05, 4.69) is 51.9 Å². The second-order valence-electron chi connectivity index (χ2n) is 5.02. The summed E-state index contributed by atoms with van der Waals surface area (Å²) >= 11 is 1.69. The third-order valence-electron chi connectivity index (χ3n) is 3.45. The molecule has 0 bridgehead atoms. The minimum atomic E-state index is 0.295. The first-order chi connectivity index (χ1) is 10.2. The Labute approximate surface area is 128 Å². The highest BCUT2D eigenvalue weighted by atomic mass is 32.1. The molecule has 1 unspecified atom stereocenters. The summed E-state index contributed by atoms with van der Waals surface area (Å²) in [6.07, 6.45) is 5.54. The first kappa shape index (κ1) is 14.0. The molecule has 0 aliphatic rings. The molecule has 0 saturated carbocycles. The zero-order valence-electron chi connectivity index (χ0n) is 12.2. The minimum Gasteiger partial charge on any atom is -0.306 e. The van der Waals surface area contributed by atoms with E-state index in [1.807, 2.05) is 17.7 Å². The SMILES string of the molecule is Cc1nc(CNC(C)c2ccc(-n3ccnc3)cc2)cs1. The van der Waals surface area contributed by atoms with Crippen LogP contribution < -0.4 is 5.32 Å². The zero-order chi connectivity index (χ0) is 14.7. The Morgan fingerprint density at radius 3 is 2.71 bits per heavy atom. The third kappa shape index (κ3) is 3.37. The summed E-state index contributed by atoms with van der Waals surface area (Å²) in [5.41, 5.74) is 3.50. The van der Waals surface area contributed by atoms with Crippen LogP contribution in [0.3, 0.4) is 0 Å². The van der Waals surface area contributed by atoms with Crippen molar-refractivity contribution in [3.05, 3.63) is 64.6 Å². The van der Waals surface area contributed by atoms with Crippen molar-refractivity contribution < 1.29 is 0 Å². The Morgan fingerprint density at radius 2 is 2.10 bits per heavy atom. The zero-order valence-corrected chi connectivity index (χ0v) is 13.0. The molecule has 3 rings (SSSR count). The van der Waals surface area contributed by atoms with Crippen LogP contribution in [0.15, 0.2) is 48.4 Å². The van der Waals surface area contributed by atoms with Crippen molar-refractivity contribution in [3.8, 4) is 5.69 Å². The standard InChI is InChI=1S/C16H18N4S/c1-12(18-9-15-10-21-13(2)19-15)14-3-5-16(6-4-14)20-8-7-17-11-20/h3-8,10-12,18H,9H2,1-2H3. The Bertz CT molecular complexity index is 685. The van der Waals surface area contributed by atoms with Crippen LogP contribution in [0.4, 0.5) is 0 Å². The van der Waals surface area contributed by atoms with Crippen LogP contribution in [-0.2, 0) is 6.54 Å². The molecule has 0 spiro atoms. The van der Waals surface area contributed by atoms with Gasteiger partial charge in [-0.1, -0.05) is 12.1 Å². The molecule has 1 atom stereocenters. The van der Waals surface area contributed by atoms with Crippen molar-refractivity contribution in [3.63, 3.8) is 0 Å². The van der Waals surface area contributed by atoms with Gasteiger partial charge in [0.25, 0.3) is 0 Å². The van der Waals surface area contributed by atoms with Gasteiger partial charge < -0.3 is 9.88 Å². The topological polar surface area (TPSA) is 42.7 Å². The summed E-state index contributed by atoms with van der Waals surface area (Å²) in [6, 6.07) is 8.83. The fourth-order valence-electron chi connectivity index (χ4n) is 2.21. The van der Waals surface area contributed by atoms with E-state index >= 15 is 0 Å². The van der Waals surface area contributed by atoms with Gasteiger partial charge in [-0.15, -0.1) is 11.3 Å². The van der Waals surface area contributed by atoms with Gasteiger partial charge in [0.1, 0.15) is 0 Å². The van der Waals surface area contributed by atoms with E-state index in [1.54, 1.807) is 23.9 Å². The summed E-state index contributed by atoms with van der Waals surface area (Å²) in [7, 11) is 0. The number of hydrogen-bond acceptors (Lipinski definition) is 4. The first-order valence-corrected chi connectivity index (χ1v) is 7.83. The second-order valence-corrected chi connectivity index (χ2v) is 6.08. The normalized spacial score (nSPS) is 12.5. The molecule has 0 amide bonds. The van der Waals surface area contributed by atoms with Gasteiger partial charge in [-0.25, -0.2) is 9.97 Å². The minimum absolute atomic E-state index is 0.295. The average molecular weight is 298 g/mol. The molecule has 0 radical (unpaired) electrons. The fourth-order valence-corrected chi connectivity index (χ4v) is 2.82. The van der Waals surface area contributed by atoms with E-state index in [1.165, 1.54) is 5.56 Å². The highest BCUT2D eigenvalue weighted by Crippen LogP contribution is 2.16. The quantitative estimate of drug-likeness (QED) is 0.784. The number of hydrogen-bond donors (Lipinski definition) is 1. The lowest BCUT2D eigenvalue weighted by Crippen LogP contribution is -2.18. The molecule has 0 aliphatic carbocycles. The summed E-state index contributed by atoms with van der Waals surface area (Å²) in [4.78, 5) is 8.54. The van der Waals surface area contributed by atoms with Crippen LogP contribution in [0, 0.1) is 6.92 Å². The van der Waals surface area contributed by atoms with Crippen LogP contribution in [-0.4, -0.2) is 14.5 Å². The van der Waals surface area contributed by atoms with Crippen molar-refractivity contribution in [2.24, 2.45) is 0 Å². The predicted octanol–water partition coefficient (Wildman–Crippen LogP) is 3.49. The van der Waals surface area contributed by atoms with Gasteiger partial charge in [0, 0.05) is 36.0 Å². The van der Waals surface area contributed by atoms with Gasteiger partial charge in [0.15, 0.2) is 0 Å². The fraction of sp³-hybridized carbons (Fsp3) is 0.250. The molecular formula is C16H18N4S. The first-order valence-electron chi connectivity index (χ1n) is 6.95. The largest absolute Gasteiger partial charge is 0.306 e. The molecular weight excluding hydrogens is 280 g/mol. The summed E-state index contributed by atoms with van der Waals surface area (Å²) in [5.74, 6) is 0. The predicted molar refractivity (Wildman–Crippen MR) is 85.7 cm³/mol. The molecule has 1 N–H and O–H groups in total. The Kier molecular flexibility index (Phi) is 4.13. The highest BCUT2D eigenvalue weighted by molar-refractivity contribution is 7.09. The van der Waals surface area contributed by atoms with Crippen LogP contribution in [0.1, 0.15) is 29.2 Å². The molecule has 0 fully saturated rings. The number of nitrogens with zero attached hydrogens (tertiary/aromatic N) is 3. The number of aryl methyl sites for hydroxylation is 1. The lowest BCUT2D eigenvalue weighted by Gasteiger charge is -2.14. The monoisotopic (exact) mass is 298 g/mol. The summed E-state index contributed by atoms with van der Waals surface area (Å²) in [6.45, 7) is 5.01. The molecule has 4 nitrogen and oxygen atoms in total. The molecule has 21 heavy (non-hydrogen) atoms. The van der Waals surface area contributed by atoms with E-state index in [9.17, 15) is 0 Å². The van der Waals surface area contributed by atoms with Gasteiger partial charge in [-0.2, -0.15) is 0 Å². The van der Waals surface area contributed by atoms with Gasteiger partial charge in [-0.05, 0) is 31.5 Å². The van der Waals surface area contributed by atoms with Gasteiger partial charge >= 0.3 is 0 Å². The van der Waals surface area contributed by atoms with E-state index in [0.717, 1.165) is 22.9 Å². The van der Waals surface area contributed by atoms with E-state index in [0.29, 0.717) is 6.04 Å². The van der Waals surface area contributed by atoms with E-state index < -0.39 is 0 Å². The number of rotatable bonds is 5. The number of aromatic nitrogens is 3. The Balaban J connectivity index is 1.63. The van der Waals surface area contributed by atoms with Crippen molar-refractivity contribution in [1.29, 1.82) is 0 Å². The molecule has 5 heteroatoms. The summed E-state index contributed by atoms with van der Waals surface area (Å²) < 4.78 is 2.00. The molecule has 0 aliphatic heterocycles. The van der Waals surface area contributed by atoms with Gasteiger partial charge in [-0.3, -0.25) is 0 Å². The second kappa shape index (κ2) is 6.20. The lowest BCUT2D eigenvalue weighted by atomic mass is 10.1. The van der Waals surface area contributed by atoms with E-state index in [4.69, 9.17) is 0 Å². The van der Waals surface area contributed by atoms with Crippen molar-refractivity contribution in [2.45, 2.75) is 26.4 Å². The molecule has 1 aromatic carbocycles. The smallest absolute Gasteiger partial charge is 0.0991 e. The van der Waals surface area contributed by atoms with Gasteiger partial charge in [0.05, 0.1) is 17.0 Å². The van der Waals surface area contributed by atoms with Crippen LogP contribution in [0.25, 0.3) is 5.69 Å². The Morgan fingerprint density at radius 1 is 1.29 bits per heavy atom. The van der Waals surface area contributed by atoms with E-state index in [-0.39, 0.29) is 0 Å². The maximum atomic E-state index is 4.47. The van der Waals surface area contributed by atoms with Crippen molar-refractivity contribution in [1.82, 2.24) is 19.9 Å². The number of nitrogens with one attached hydrogen (secondary N) is 1. The molecule has 0 saturated heterocycles. The average Bonchev–Trinajstić information content (AvgIpc) is 3.16. The number of benzene rings is 1. The maximum absolute atomic E-state index is 4.47. The lowest BCUT2D eigenvalue weighted by molar-refractivity contribution is 0.569. The van der Waals surface area contributed by atoms with Crippen molar-refractivity contribution >= 4 is 11.3 Å². The van der Waals surface area contributed by atoms with Crippen LogP contribution >= 0.6 is 11.3 Å². The highest BCUT2D eigenvalue weighted by Gasteiger charge is 2.06. The Hall–Kier alpha value is -1.98. The summed E-state index contributed by atoms with van der Waals surface area (Å²) in [5, 5.41) is 6.73. The molecule has 2 aromatic heterocycles. The molecule has 3 aromatic rings. The molecule has 108 valence electrons.